The van der Waals surface area contributed by atoms with Crippen LogP contribution in [0.25, 0.3) is 0 Å². The normalized spacial score (nSPS) is 12.5. The number of nitrogens with one attached hydrogen (secondary N) is 2. The van der Waals surface area contributed by atoms with Gasteiger partial charge in [-0.2, -0.15) is 13.2 Å². The van der Waals surface area contributed by atoms with Crippen LogP contribution in [0.1, 0.15) is 48.4 Å². The van der Waals surface area contributed by atoms with Gasteiger partial charge in [-0.1, -0.05) is 12.1 Å². The Labute approximate surface area is 154 Å². The summed E-state index contributed by atoms with van der Waals surface area (Å²) in [5.41, 5.74) is -0.770. The number of rotatable bonds is 6. The van der Waals surface area contributed by atoms with Crippen molar-refractivity contribution in [2.45, 2.75) is 33.0 Å². The molecule has 1 amide bonds. The fraction of sp³-hybridized carbons (Fsp3) is 0.389. The minimum atomic E-state index is -4.42. The molecule has 1 aromatic carbocycles. The van der Waals surface area contributed by atoms with Crippen LogP contribution in [0, 0.1) is 0 Å². The summed E-state index contributed by atoms with van der Waals surface area (Å²) in [7, 11) is 0. The number of hydrogen-bond donors (Lipinski definition) is 2. The zero-order valence-electron chi connectivity index (χ0n) is 15.2. The van der Waals surface area contributed by atoms with E-state index >= 15 is 0 Å². The minimum absolute atomic E-state index is 0.0561. The molecule has 9 heteroatoms. The van der Waals surface area contributed by atoms with Crippen LogP contribution < -0.4 is 15.8 Å². The lowest BCUT2D eigenvalue weighted by molar-refractivity contribution is -0.137. The van der Waals surface area contributed by atoms with Crippen molar-refractivity contribution < 1.29 is 18.0 Å². The van der Waals surface area contributed by atoms with Crippen LogP contribution in [0.3, 0.4) is 0 Å². The molecular formula is C18H21F3N4O2. The van der Waals surface area contributed by atoms with Gasteiger partial charge in [-0.3, -0.25) is 14.6 Å². The van der Waals surface area contributed by atoms with Gasteiger partial charge in [0.1, 0.15) is 5.69 Å². The fourth-order valence-electron chi connectivity index (χ4n) is 2.55. The van der Waals surface area contributed by atoms with Crippen LogP contribution in [0.2, 0.25) is 0 Å². The highest BCUT2D eigenvalue weighted by atomic mass is 19.4. The Morgan fingerprint density at radius 3 is 2.33 bits per heavy atom. The van der Waals surface area contributed by atoms with E-state index in [1.165, 1.54) is 12.1 Å². The average molecular weight is 382 g/mol. The summed E-state index contributed by atoms with van der Waals surface area (Å²) in [6.45, 7) is 6.63. The van der Waals surface area contributed by atoms with Crippen molar-refractivity contribution >= 4 is 11.9 Å². The van der Waals surface area contributed by atoms with E-state index < -0.39 is 29.2 Å². The summed E-state index contributed by atoms with van der Waals surface area (Å²) in [4.78, 5) is 32.8. The van der Waals surface area contributed by atoms with E-state index in [9.17, 15) is 22.8 Å². The van der Waals surface area contributed by atoms with E-state index in [2.05, 4.69) is 15.3 Å². The second-order valence-electron chi connectivity index (χ2n) is 5.94. The molecule has 0 fully saturated rings. The maximum atomic E-state index is 12.6. The molecule has 146 valence electrons. The summed E-state index contributed by atoms with van der Waals surface area (Å²) in [6.07, 6.45) is -4.42. The predicted molar refractivity (Wildman–Crippen MR) is 95.7 cm³/mol. The lowest BCUT2D eigenvalue weighted by Gasteiger charge is -2.20. The van der Waals surface area contributed by atoms with E-state index in [1.54, 1.807) is 11.8 Å². The number of benzene rings is 1. The highest BCUT2D eigenvalue weighted by Gasteiger charge is 2.30. The lowest BCUT2D eigenvalue weighted by Crippen LogP contribution is -2.31. The Balaban J connectivity index is 2.18. The van der Waals surface area contributed by atoms with Crippen LogP contribution in [0.5, 0.6) is 0 Å². The fourth-order valence-corrected chi connectivity index (χ4v) is 2.55. The van der Waals surface area contributed by atoms with Gasteiger partial charge >= 0.3 is 6.18 Å². The van der Waals surface area contributed by atoms with Gasteiger partial charge < -0.3 is 10.2 Å². The molecule has 0 unspecified atom stereocenters. The zero-order chi connectivity index (χ0) is 20.2. The van der Waals surface area contributed by atoms with Crippen LogP contribution in [-0.4, -0.2) is 29.0 Å². The van der Waals surface area contributed by atoms with Gasteiger partial charge in [-0.15, -0.1) is 0 Å². The molecule has 2 rings (SSSR count). The highest BCUT2D eigenvalue weighted by molar-refractivity contribution is 5.92. The number of aromatic amines is 1. The van der Waals surface area contributed by atoms with Crippen LogP contribution >= 0.6 is 0 Å². The molecule has 27 heavy (non-hydrogen) atoms. The number of nitrogens with zero attached hydrogens (tertiary/aromatic N) is 2. The lowest BCUT2D eigenvalue weighted by atomic mass is 10.1. The van der Waals surface area contributed by atoms with E-state index in [-0.39, 0.29) is 5.69 Å². The SMILES string of the molecule is CCN(CC)c1nc(C(=O)N[C@H](C)c2ccc(C(F)(F)F)cc2)cc(=O)[nH]1. The van der Waals surface area contributed by atoms with Crippen molar-refractivity contribution in [1.82, 2.24) is 15.3 Å². The van der Waals surface area contributed by atoms with Crippen molar-refractivity contribution in [3.8, 4) is 0 Å². The molecule has 0 aliphatic heterocycles. The number of anilines is 1. The topological polar surface area (TPSA) is 78.1 Å². The number of halogens is 3. The third-order valence-corrected chi connectivity index (χ3v) is 4.11. The summed E-state index contributed by atoms with van der Waals surface area (Å²) >= 11 is 0. The van der Waals surface area contributed by atoms with E-state index in [1.807, 2.05) is 13.8 Å². The van der Waals surface area contributed by atoms with Crippen LogP contribution in [0.15, 0.2) is 35.1 Å². The summed E-state index contributed by atoms with van der Waals surface area (Å²) in [5, 5.41) is 2.65. The third-order valence-electron chi connectivity index (χ3n) is 4.11. The molecule has 2 aromatic rings. The Kier molecular flexibility index (Phi) is 6.24. The second kappa shape index (κ2) is 8.24. The smallest absolute Gasteiger partial charge is 0.344 e. The molecule has 1 heterocycles. The van der Waals surface area contributed by atoms with Gasteiger partial charge in [-0.25, -0.2) is 4.98 Å². The number of aromatic nitrogens is 2. The monoisotopic (exact) mass is 382 g/mol. The maximum absolute atomic E-state index is 12.6. The first-order chi connectivity index (χ1) is 12.7. The maximum Gasteiger partial charge on any atom is 0.416 e. The number of hydrogen-bond acceptors (Lipinski definition) is 4. The van der Waals surface area contributed by atoms with Gasteiger partial charge in [0.2, 0.25) is 5.95 Å². The molecule has 0 aliphatic carbocycles. The predicted octanol–water partition coefficient (Wildman–Crippen LogP) is 3.13. The Morgan fingerprint density at radius 2 is 1.81 bits per heavy atom. The third kappa shape index (κ3) is 5.08. The minimum Gasteiger partial charge on any atom is -0.344 e. The average Bonchev–Trinajstić information content (AvgIpc) is 2.61. The molecule has 0 saturated carbocycles. The molecule has 0 aliphatic rings. The zero-order valence-corrected chi connectivity index (χ0v) is 15.2. The van der Waals surface area contributed by atoms with Crippen molar-refractivity contribution in [2.75, 3.05) is 18.0 Å². The van der Waals surface area contributed by atoms with E-state index in [0.29, 0.717) is 24.6 Å². The van der Waals surface area contributed by atoms with E-state index in [4.69, 9.17) is 0 Å². The largest absolute Gasteiger partial charge is 0.416 e. The molecule has 2 N–H and O–H groups in total. The molecule has 0 bridgehead atoms. The first-order valence-electron chi connectivity index (χ1n) is 8.50. The standard InChI is InChI=1S/C18H21F3N4O2/c1-4-25(5-2)17-23-14(10-15(26)24-17)16(27)22-11(3)12-6-8-13(9-7-12)18(19,20)21/h6-11H,4-5H2,1-3H3,(H,22,27)(H,23,24,26)/t11-/m1/s1. The quantitative estimate of drug-likeness (QED) is 0.805. The second-order valence-corrected chi connectivity index (χ2v) is 5.94. The molecule has 1 atom stereocenters. The molecule has 0 saturated heterocycles. The Hall–Kier alpha value is -2.84. The number of alkyl halides is 3. The van der Waals surface area contributed by atoms with Crippen molar-refractivity contribution in [3.63, 3.8) is 0 Å². The number of H-pyrrole nitrogens is 1. The molecule has 0 radical (unpaired) electrons. The van der Waals surface area contributed by atoms with Crippen molar-refractivity contribution in [2.24, 2.45) is 0 Å². The number of amides is 1. The Morgan fingerprint density at radius 1 is 1.22 bits per heavy atom. The van der Waals surface area contributed by atoms with Crippen molar-refractivity contribution in [1.29, 1.82) is 0 Å². The summed E-state index contributed by atoms with van der Waals surface area (Å²) in [5.74, 6) is -0.290. The number of carbonyl (C=O) groups is 1. The Bertz CT molecular complexity index is 843. The van der Waals surface area contributed by atoms with Crippen LogP contribution in [0.4, 0.5) is 19.1 Å². The molecule has 1 aromatic heterocycles. The number of carbonyl (C=O) groups excluding carboxylic acids is 1. The van der Waals surface area contributed by atoms with E-state index in [0.717, 1.165) is 18.2 Å². The highest BCUT2D eigenvalue weighted by Crippen LogP contribution is 2.29. The van der Waals surface area contributed by atoms with Crippen molar-refractivity contribution in [3.05, 3.63) is 57.5 Å². The molecule has 0 spiro atoms. The van der Waals surface area contributed by atoms with Gasteiger partial charge in [0.25, 0.3) is 11.5 Å². The first-order valence-corrected chi connectivity index (χ1v) is 8.50. The van der Waals surface area contributed by atoms with Gasteiger partial charge in [0.05, 0.1) is 11.6 Å². The molecule has 6 nitrogen and oxygen atoms in total. The van der Waals surface area contributed by atoms with Gasteiger partial charge in [0, 0.05) is 19.2 Å². The summed E-state index contributed by atoms with van der Waals surface area (Å²) < 4.78 is 37.9. The summed E-state index contributed by atoms with van der Waals surface area (Å²) in [6, 6.07) is 5.06. The van der Waals surface area contributed by atoms with Gasteiger partial charge in [-0.05, 0) is 38.5 Å². The van der Waals surface area contributed by atoms with Gasteiger partial charge in [0.15, 0.2) is 0 Å². The molecular weight excluding hydrogens is 361 g/mol. The first kappa shape index (κ1) is 20.5. The van der Waals surface area contributed by atoms with Crippen LogP contribution in [-0.2, 0) is 6.18 Å².